The molecule has 24 valence electrons. The number of hydrogen-bond acceptors (Lipinski definition) is 3. The van der Waals surface area contributed by atoms with E-state index < -0.39 is 6.16 Å². The maximum Gasteiger partial charge on any atom is 3.00 e. The van der Waals surface area contributed by atoms with Gasteiger partial charge in [-0.25, -0.2) is 0 Å². The molecule has 0 heterocycles. The topological polar surface area (TPSA) is 63.2 Å². The van der Waals surface area contributed by atoms with Crippen molar-refractivity contribution in [3.63, 3.8) is 0 Å². The van der Waals surface area contributed by atoms with Gasteiger partial charge in [-0.3, -0.25) is 0 Å². The first kappa shape index (κ1) is 16.0. The molecule has 0 amide bonds. The van der Waals surface area contributed by atoms with Gasteiger partial charge in [0.1, 0.15) is 0 Å². The van der Waals surface area contributed by atoms with Gasteiger partial charge in [-0.15, -0.1) is 0 Å². The van der Waals surface area contributed by atoms with Gasteiger partial charge in [0.05, 0.1) is 0 Å². The first-order chi connectivity index (χ1) is 1.73. The van der Waals surface area contributed by atoms with Gasteiger partial charge >= 0.3 is 40.4 Å². The van der Waals surface area contributed by atoms with Crippen LogP contribution in [0.25, 0.3) is 0 Å². The molecule has 0 saturated heterocycles. The van der Waals surface area contributed by atoms with Crippen molar-refractivity contribution in [3.8, 4) is 0 Å². The summed E-state index contributed by atoms with van der Waals surface area (Å²) in [5, 5.41) is 16.7. The van der Waals surface area contributed by atoms with Crippen molar-refractivity contribution in [3.05, 3.63) is 0 Å². The van der Waals surface area contributed by atoms with Crippen LogP contribution in [0.2, 0.25) is 0 Å². The fourth-order valence-electron chi connectivity index (χ4n) is 0. The third kappa shape index (κ3) is 180. The molecule has 0 atom stereocenters. The molecule has 6 heavy (non-hydrogen) atoms. The molecule has 0 aromatic heterocycles. The molecule has 0 spiro atoms. The molecule has 0 aliphatic rings. The molecule has 0 saturated carbocycles. The first-order valence-electron chi connectivity index (χ1n) is 0.612. The summed E-state index contributed by atoms with van der Waals surface area (Å²) in [6, 6.07) is 0. The fraction of sp³-hybridized carbons (Fsp3) is 0. The molecule has 0 unspecified atom stereocenters. The molecule has 0 radical (unpaired) electrons. The van der Waals surface area contributed by atoms with Crippen molar-refractivity contribution in [2.24, 2.45) is 0 Å². The molecule has 0 aliphatic carbocycles. The Morgan fingerprint density at radius 2 is 1.33 bits per heavy atom. The van der Waals surface area contributed by atoms with Crippen molar-refractivity contribution in [1.82, 2.24) is 0 Å². The van der Waals surface area contributed by atoms with E-state index in [9.17, 15) is 0 Å². The summed E-state index contributed by atoms with van der Waals surface area (Å²) in [5.74, 6) is 0. The average molecular weight is 111 g/mol. The molecular formula is CAlMgO3+3. The Morgan fingerprint density at radius 3 is 1.33 bits per heavy atom. The SMILES string of the molecule is O=C([O-])[O-].[Al+3].[Mg+2]. The van der Waals surface area contributed by atoms with Crippen LogP contribution in [-0.2, 0) is 0 Å². The van der Waals surface area contributed by atoms with Gasteiger partial charge in [-0.1, -0.05) is 0 Å². The maximum absolute atomic E-state index is 8.33. The van der Waals surface area contributed by atoms with E-state index in [0.717, 1.165) is 0 Å². The molecule has 0 aromatic rings. The van der Waals surface area contributed by atoms with Gasteiger partial charge in [-0.2, -0.15) is 0 Å². The van der Waals surface area contributed by atoms with Crippen LogP contribution < -0.4 is 10.2 Å². The summed E-state index contributed by atoms with van der Waals surface area (Å²) in [5.41, 5.74) is 0. The standard InChI is InChI=1S/CH2O3.Al.Mg/c2-1(3)4;;/h(H2,2,3,4);;/q;+3;+2/p-2. The summed E-state index contributed by atoms with van der Waals surface area (Å²) >= 11 is 0. The summed E-state index contributed by atoms with van der Waals surface area (Å²) in [7, 11) is 0. The number of hydrogen-bond donors (Lipinski definition) is 0. The Hall–Kier alpha value is 0.569. The van der Waals surface area contributed by atoms with E-state index in [1.54, 1.807) is 0 Å². The van der Waals surface area contributed by atoms with E-state index in [1.165, 1.54) is 0 Å². The van der Waals surface area contributed by atoms with E-state index in [-0.39, 0.29) is 40.4 Å². The Kier molecular flexibility index (Phi) is 24.3. The quantitative estimate of drug-likeness (QED) is 0.309. The molecule has 5 heteroatoms. The minimum atomic E-state index is -2.33. The Morgan fingerprint density at radius 1 is 1.33 bits per heavy atom. The molecule has 0 N–H and O–H groups in total. The van der Waals surface area contributed by atoms with Crippen LogP contribution in [0.1, 0.15) is 0 Å². The van der Waals surface area contributed by atoms with Gasteiger partial charge in [0.15, 0.2) is 0 Å². The second-order valence-electron chi connectivity index (χ2n) is 0.250. The number of rotatable bonds is 0. The van der Waals surface area contributed by atoms with Crippen LogP contribution in [-0.4, -0.2) is 46.6 Å². The van der Waals surface area contributed by atoms with Crippen molar-refractivity contribution >= 4 is 46.6 Å². The summed E-state index contributed by atoms with van der Waals surface area (Å²) in [4.78, 5) is 8.33. The van der Waals surface area contributed by atoms with Gasteiger partial charge in [0.2, 0.25) is 0 Å². The maximum atomic E-state index is 8.33. The Labute approximate surface area is 61.6 Å². The smallest absolute Gasteiger partial charge is 0.652 e. The third-order valence-electron chi connectivity index (χ3n) is 0. The Bertz CT molecular complexity index is 33.8. The normalized spacial score (nSPS) is 4.00. The molecule has 0 aromatic carbocycles. The van der Waals surface area contributed by atoms with Crippen LogP contribution in [0, 0.1) is 0 Å². The number of carbonyl (C=O) groups is 1. The fourth-order valence-corrected chi connectivity index (χ4v) is 0. The van der Waals surface area contributed by atoms with Crippen LogP contribution in [0.4, 0.5) is 4.79 Å². The number of carboxylic acid groups (broad SMARTS) is 2. The zero-order valence-electron chi connectivity index (χ0n) is 3.01. The van der Waals surface area contributed by atoms with Gasteiger partial charge in [0, 0.05) is 0 Å². The number of carbonyl (C=O) groups excluding carboxylic acids is 1. The van der Waals surface area contributed by atoms with Crippen LogP contribution in [0.3, 0.4) is 0 Å². The average Bonchev–Trinajstić information content (AvgIpc) is 0.811. The van der Waals surface area contributed by atoms with Crippen LogP contribution in [0.5, 0.6) is 0 Å². The largest absolute Gasteiger partial charge is 3.00 e. The zero-order chi connectivity index (χ0) is 3.58. The van der Waals surface area contributed by atoms with Crippen molar-refractivity contribution in [2.75, 3.05) is 0 Å². The second-order valence-corrected chi connectivity index (χ2v) is 0.250. The summed E-state index contributed by atoms with van der Waals surface area (Å²) < 4.78 is 0. The molecule has 0 bridgehead atoms. The van der Waals surface area contributed by atoms with Crippen molar-refractivity contribution < 1.29 is 15.0 Å². The van der Waals surface area contributed by atoms with E-state index in [1.807, 2.05) is 0 Å². The van der Waals surface area contributed by atoms with Gasteiger partial charge in [-0.05, 0) is 6.16 Å². The summed E-state index contributed by atoms with van der Waals surface area (Å²) in [6.07, 6.45) is -2.33. The van der Waals surface area contributed by atoms with Crippen LogP contribution in [0.15, 0.2) is 0 Å². The van der Waals surface area contributed by atoms with Gasteiger partial charge in [0.25, 0.3) is 0 Å². The minimum Gasteiger partial charge on any atom is -0.652 e. The third-order valence-corrected chi connectivity index (χ3v) is 0. The van der Waals surface area contributed by atoms with Crippen LogP contribution >= 0.6 is 0 Å². The molecule has 0 aliphatic heterocycles. The van der Waals surface area contributed by atoms with Crippen molar-refractivity contribution in [1.29, 1.82) is 0 Å². The molecular weight excluding hydrogens is 111 g/mol. The summed E-state index contributed by atoms with van der Waals surface area (Å²) in [6.45, 7) is 0. The van der Waals surface area contributed by atoms with Gasteiger partial charge < -0.3 is 15.0 Å². The van der Waals surface area contributed by atoms with E-state index in [4.69, 9.17) is 15.0 Å². The minimum absolute atomic E-state index is 0. The Balaban J connectivity index is -0.0000000450. The second kappa shape index (κ2) is 9.13. The molecule has 0 fully saturated rings. The zero-order valence-corrected chi connectivity index (χ0v) is 5.58. The monoisotopic (exact) mass is 111 g/mol. The van der Waals surface area contributed by atoms with E-state index >= 15 is 0 Å². The predicted octanol–water partition coefficient (Wildman–Crippen LogP) is -3.21. The van der Waals surface area contributed by atoms with E-state index in [2.05, 4.69) is 0 Å². The molecule has 3 nitrogen and oxygen atoms in total. The molecule has 0 rings (SSSR count). The van der Waals surface area contributed by atoms with E-state index in [0.29, 0.717) is 0 Å². The predicted molar refractivity (Wildman–Crippen MR) is 16.9 cm³/mol. The van der Waals surface area contributed by atoms with Crippen molar-refractivity contribution in [2.45, 2.75) is 0 Å². The first-order valence-corrected chi connectivity index (χ1v) is 0.612.